The van der Waals surface area contributed by atoms with Crippen molar-refractivity contribution >= 4 is 23.6 Å². The topological polar surface area (TPSA) is 66.4 Å². The molecule has 0 heterocycles. The molecule has 2 N–H and O–H groups in total. The molecule has 1 aromatic rings. The van der Waals surface area contributed by atoms with Gasteiger partial charge in [0, 0.05) is 11.3 Å². The molecule has 1 aromatic carbocycles. The average Bonchev–Trinajstić information content (AvgIpc) is 2.39. The highest BCUT2D eigenvalue weighted by Crippen LogP contribution is 2.31. The molecule has 21 heavy (non-hydrogen) atoms. The zero-order chi connectivity index (χ0) is 16.3. The Morgan fingerprint density at radius 3 is 2.10 bits per heavy atom. The minimum Gasteiger partial charge on any atom is -0.481 e. The highest BCUT2D eigenvalue weighted by Gasteiger charge is 2.44. The Labute approximate surface area is 130 Å². The van der Waals surface area contributed by atoms with Gasteiger partial charge in [0.25, 0.3) is 5.91 Å². The molecule has 0 radical (unpaired) electrons. The minimum atomic E-state index is -1.07. The maximum atomic E-state index is 12.3. The SMILES string of the molecule is CSCc1ccc(C(=O)NC(C)(C)C(C)(C)C(=O)O)cc1. The molecule has 0 atom stereocenters. The Balaban J connectivity index is 2.87. The molecule has 0 aromatic heterocycles. The van der Waals surface area contributed by atoms with Crippen LogP contribution in [-0.4, -0.2) is 28.8 Å². The van der Waals surface area contributed by atoms with Crippen molar-refractivity contribution in [1.29, 1.82) is 0 Å². The van der Waals surface area contributed by atoms with E-state index in [1.807, 2.05) is 18.4 Å². The summed E-state index contributed by atoms with van der Waals surface area (Å²) in [5.74, 6) is -0.299. The number of rotatable bonds is 6. The monoisotopic (exact) mass is 309 g/mol. The van der Waals surface area contributed by atoms with Gasteiger partial charge in [0.05, 0.1) is 11.0 Å². The highest BCUT2D eigenvalue weighted by molar-refractivity contribution is 7.97. The Kier molecular flexibility index (Phi) is 5.45. The van der Waals surface area contributed by atoms with E-state index in [2.05, 4.69) is 5.32 Å². The van der Waals surface area contributed by atoms with E-state index in [9.17, 15) is 14.7 Å². The Hall–Kier alpha value is -1.49. The molecule has 5 heteroatoms. The first-order valence-electron chi connectivity index (χ1n) is 6.75. The standard InChI is InChI=1S/C16H23NO3S/c1-15(2,14(19)20)16(3,4)17-13(18)12-8-6-11(7-9-12)10-21-5/h6-9H,10H2,1-5H3,(H,17,18)(H,19,20). The van der Waals surface area contributed by atoms with Crippen LogP contribution in [0.15, 0.2) is 24.3 Å². The van der Waals surface area contributed by atoms with Gasteiger partial charge in [-0.1, -0.05) is 12.1 Å². The molecule has 0 unspecified atom stereocenters. The van der Waals surface area contributed by atoms with Gasteiger partial charge < -0.3 is 10.4 Å². The van der Waals surface area contributed by atoms with Crippen molar-refractivity contribution in [1.82, 2.24) is 5.32 Å². The van der Waals surface area contributed by atoms with Crippen molar-refractivity contribution in [2.75, 3.05) is 6.26 Å². The third-order valence-electron chi connectivity index (χ3n) is 4.05. The summed E-state index contributed by atoms with van der Waals surface area (Å²) in [5.41, 5.74) is -0.242. The first kappa shape index (κ1) is 17.6. The number of carboxylic acid groups (broad SMARTS) is 1. The highest BCUT2D eigenvalue weighted by atomic mass is 32.2. The molecule has 116 valence electrons. The van der Waals surface area contributed by atoms with Gasteiger partial charge in [0.2, 0.25) is 0 Å². The normalized spacial score (nSPS) is 12.0. The van der Waals surface area contributed by atoms with Crippen molar-refractivity contribution < 1.29 is 14.7 Å². The number of carboxylic acids is 1. The molecule has 0 saturated heterocycles. The molecule has 0 aliphatic carbocycles. The summed E-state index contributed by atoms with van der Waals surface area (Å²) in [6, 6.07) is 7.37. The van der Waals surface area contributed by atoms with E-state index >= 15 is 0 Å². The largest absolute Gasteiger partial charge is 0.481 e. The lowest BCUT2D eigenvalue weighted by atomic mass is 9.74. The van der Waals surface area contributed by atoms with Crippen molar-refractivity contribution in [3.8, 4) is 0 Å². The van der Waals surface area contributed by atoms with E-state index in [-0.39, 0.29) is 5.91 Å². The molecule has 4 nitrogen and oxygen atoms in total. The number of hydrogen-bond donors (Lipinski definition) is 2. The second-order valence-corrected chi connectivity index (χ2v) is 7.01. The summed E-state index contributed by atoms with van der Waals surface area (Å²) in [4.78, 5) is 23.6. The molecule has 1 amide bonds. The molecule has 0 spiro atoms. The fourth-order valence-electron chi connectivity index (χ4n) is 1.70. The molecule has 0 fully saturated rings. The van der Waals surface area contributed by atoms with E-state index in [4.69, 9.17) is 0 Å². The number of nitrogens with one attached hydrogen (secondary N) is 1. The number of benzene rings is 1. The first-order valence-corrected chi connectivity index (χ1v) is 8.15. The number of amides is 1. The Morgan fingerprint density at radius 2 is 1.67 bits per heavy atom. The van der Waals surface area contributed by atoms with Crippen LogP contribution >= 0.6 is 11.8 Å². The van der Waals surface area contributed by atoms with Gasteiger partial charge in [-0.3, -0.25) is 9.59 Å². The van der Waals surface area contributed by atoms with E-state index in [1.54, 1.807) is 51.6 Å². The Bertz CT molecular complexity index is 521. The molecule has 0 aliphatic rings. The fraction of sp³-hybridized carbons (Fsp3) is 0.500. The van der Waals surface area contributed by atoms with Crippen molar-refractivity contribution in [3.63, 3.8) is 0 Å². The lowest BCUT2D eigenvalue weighted by Crippen LogP contribution is -2.56. The van der Waals surface area contributed by atoms with Crippen LogP contribution in [0.1, 0.15) is 43.6 Å². The summed E-state index contributed by atoms with van der Waals surface area (Å²) in [5, 5.41) is 12.1. The molecule has 0 aliphatic heterocycles. The average molecular weight is 309 g/mol. The van der Waals surface area contributed by atoms with Crippen LogP contribution in [0.4, 0.5) is 0 Å². The first-order chi connectivity index (χ1) is 9.61. The van der Waals surface area contributed by atoms with Gasteiger partial charge in [-0.05, 0) is 51.6 Å². The zero-order valence-electron chi connectivity index (χ0n) is 13.2. The summed E-state index contributed by atoms with van der Waals surface area (Å²) in [6.07, 6.45) is 2.02. The van der Waals surface area contributed by atoms with E-state index in [0.717, 1.165) is 11.3 Å². The van der Waals surface area contributed by atoms with Crippen LogP contribution in [-0.2, 0) is 10.5 Å². The third kappa shape index (κ3) is 4.00. The third-order valence-corrected chi connectivity index (χ3v) is 4.67. The molecular weight excluding hydrogens is 286 g/mol. The number of carbonyl (C=O) groups is 2. The second kappa shape index (κ2) is 6.52. The number of hydrogen-bond acceptors (Lipinski definition) is 3. The van der Waals surface area contributed by atoms with Crippen molar-refractivity contribution in [3.05, 3.63) is 35.4 Å². The van der Waals surface area contributed by atoms with Crippen molar-refractivity contribution in [2.24, 2.45) is 5.41 Å². The smallest absolute Gasteiger partial charge is 0.311 e. The Morgan fingerprint density at radius 1 is 1.14 bits per heavy atom. The lowest BCUT2D eigenvalue weighted by Gasteiger charge is -2.38. The molecule has 0 bridgehead atoms. The van der Waals surface area contributed by atoms with Crippen LogP contribution in [0.2, 0.25) is 0 Å². The van der Waals surface area contributed by atoms with Gasteiger partial charge in [-0.25, -0.2) is 0 Å². The van der Waals surface area contributed by atoms with E-state index in [1.165, 1.54) is 0 Å². The second-order valence-electron chi connectivity index (χ2n) is 6.14. The summed E-state index contributed by atoms with van der Waals surface area (Å²) >= 11 is 1.72. The zero-order valence-corrected chi connectivity index (χ0v) is 14.0. The number of carbonyl (C=O) groups excluding carboxylic acids is 1. The predicted molar refractivity (Wildman–Crippen MR) is 86.6 cm³/mol. The maximum absolute atomic E-state index is 12.3. The fourth-order valence-corrected chi connectivity index (χ4v) is 2.22. The van der Waals surface area contributed by atoms with Crippen molar-refractivity contribution in [2.45, 2.75) is 39.0 Å². The maximum Gasteiger partial charge on any atom is 0.311 e. The minimum absolute atomic E-state index is 0.259. The van der Waals surface area contributed by atoms with Crippen LogP contribution in [0.3, 0.4) is 0 Å². The van der Waals surface area contributed by atoms with E-state index in [0.29, 0.717) is 5.56 Å². The van der Waals surface area contributed by atoms with Gasteiger partial charge >= 0.3 is 5.97 Å². The van der Waals surface area contributed by atoms with Gasteiger partial charge in [-0.2, -0.15) is 11.8 Å². The lowest BCUT2D eigenvalue weighted by molar-refractivity contribution is -0.150. The van der Waals surface area contributed by atoms with Gasteiger partial charge in [0.15, 0.2) is 0 Å². The molecule has 1 rings (SSSR count). The van der Waals surface area contributed by atoms with Gasteiger partial charge in [0.1, 0.15) is 0 Å². The number of thioether (sulfide) groups is 1. The van der Waals surface area contributed by atoms with Crippen LogP contribution < -0.4 is 5.32 Å². The van der Waals surface area contributed by atoms with Crippen LogP contribution in [0.25, 0.3) is 0 Å². The molecule has 0 saturated carbocycles. The van der Waals surface area contributed by atoms with Gasteiger partial charge in [-0.15, -0.1) is 0 Å². The quantitative estimate of drug-likeness (QED) is 0.847. The summed E-state index contributed by atoms with van der Waals surface area (Å²) in [6.45, 7) is 6.66. The summed E-state index contributed by atoms with van der Waals surface area (Å²) in [7, 11) is 0. The molecular formula is C16H23NO3S. The van der Waals surface area contributed by atoms with Crippen LogP contribution in [0, 0.1) is 5.41 Å². The van der Waals surface area contributed by atoms with Crippen LogP contribution in [0.5, 0.6) is 0 Å². The summed E-state index contributed by atoms with van der Waals surface area (Å²) < 4.78 is 0. The number of aliphatic carboxylic acids is 1. The predicted octanol–water partition coefficient (Wildman–Crippen LogP) is 3.17. The van der Waals surface area contributed by atoms with E-state index < -0.39 is 16.9 Å².